The highest BCUT2D eigenvalue weighted by Gasteiger charge is 2.06. The van der Waals surface area contributed by atoms with Crippen LogP contribution in [-0.2, 0) is 10.0 Å². The molecule has 0 aliphatic carbocycles. The normalized spacial score (nSPS) is 12.3. The number of primary sulfonamides is 1. The molecule has 0 bridgehead atoms. The van der Waals surface area contributed by atoms with Crippen molar-refractivity contribution in [2.75, 3.05) is 5.43 Å². The molecule has 0 aromatic heterocycles. The Morgan fingerprint density at radius 1 is 0.958 bits per heavy atom. The van der Waals surface area contributed by atoms with Crippen molar-refractivity contribution in [3.63, 3.8) is 0 Å². The summed E-state index contributed by atoms with van der Waals surface area (Å²) in [6, 6.07) is 20.4. The van der Waals surface area contributed by atoms with Gasteiger partial charge in [-0.15, -0.1) is 0 Å². The number of fused-ring (bicyclic) bond motifs is 1. The standard InChI is InChI=1S/C18H17N3O2S/c1-13(15-7-6-14-4-2-3-5-16(14)12-15)20-21-17-8-10-18(11-9-17)24(19,22)23/h2-12,21H,1H3,(H2,19,22,23)/b20-13-. The van der Waals surface area contributed by atoms with Crippen LogP contribution in [0.4, 0.5) is 5.69 Å². The fourth-order valence-corrected chi connectivity index (χ4v) is 2.86. The van der Waals surface area contributed by atoms with Crippen LogP contribution in [0.25, 0.3) is 10.8 Å². The molecule has 0 amide bonds. The fourth-order valence-electron chi connectivity index (χ4n) is 2.35. The lowest BCUT2D eigenvalue weighted by Gasteiger charge is -2.06. The second-order valence-corrected chi connectivity index (χ2v) is 7.00. The largest absolute Gasteiger partial charge is 0.278 e. The molecule has 0 atom stereocenters. The summed E-state index contributed by atoms with van der Waals surface area (Å²) in [6.45, 7) is 1.91. The first-order chi connectivity index (χ1) is 11.4. The van der Waals surface area contributed by atoms with Crippen molar-refractivity contribution >= 4 is 32.2 Å². The Morgan fingerprint density at radius 3 is 2.29 bits per heavy atom. The van der Waals surface area contributed by atoms with Crippen LogP contribution in [0.1, 0.15) is 12.5 Å². The summed E-state index contributed by atoms with van der Waals surface area (Å²) >= 11 is 0. The van der Waals surface area contributed by atoms with Gasteiger partial charge < -0.3 is 0 Å². The third-order valence-corrected chi connectivity index (χ3v) is 4.63. The molecule has 0 aliphatic rings. The predicted molar refractivity (Wildman–Crippen MR) is 97.6 cm³/mol. The minimum absolute atomic E-state index is 0.0725. The van der Waals surface area contributed by atoms with Crippen LogP contribution in [-0.4, -0.2) is 14.1 Å². The lowest BCUT2D eigenvalue weighted by Crippen LogP contribution is -2.11. The number of sulfonamides is 1. The second kappa shape index (κ2) is 6.43. The number of hydrogen-bond acceptors (Lipinski definition) is 4. The molecule has 6 heteroatoms. The van der Waals surface area contributed by atoms with E-state index in [1.165, 1.54) is 17.5 Å². The Balaban J connectivity index is 1.80. The molecule has 0 saturated heterocycles. The maximum atomic E-state index is 11.2. The molecule has 0 heterocycles. The minimum atomic E-state index is -3.68. The zero-order valence-electron chi connectivity index (χ0n) is 13.1. The summed E-state index contributed by atoms with van der Waals surface area (Å²) in [5, 5.41) is 11.8. The lowest BCUT2D eigenvalue weighted by molar-refractivity contribution is 0.598. The first kappa shape index (κ1) is 16.2. The van der Waals surface area contributed by atoms with Crippen LogP contribution in [0.5, 0.6) is 0 Å². The SMILES string of the molecule is C/C(=N/Nc1ccc(S(N)(=O)=O)cc1)c1ccc2ccccc2c1. The highest BCUT2D eigenvalue weighted by molar-refractivity contribution is 7.89. The first-order valence-electron chi connectivity index (χ1n) is 7.36. The van der Waals surface area contributed by atoms with Crippen LogP contribution in [0.15, 0.2) is 76.7 Å². The van der Waals surface area contributed by atoms with Gasteiger partial charge in [-0.1, -0.05) is 36.4 Å². The Morgan fingerprint density at radius 2 is 1.62 bits per heavy atom. The number of hydrogen-bond donors (Lipinski definition) is 2. The number of nitrogens with two attached hydrogens (primary N) is 1. The monoisotopic (exact) mass is 339 g/mol. The molecule has 3 rings (SSSR count). The number of hydrazone groups is 1. The molecule has 0 unspecified atom stereocenters. The fraction of sp³-hybridized carbons (Fsp3) is 0.0556. The summed E-state index contributed by atoms with van der Waals surface area (Å²) in [5.74, 6) is 0. The predicted octanol–water partition coefficient (Wildman–Crippen LogP) is 3.32. The Hall–Kier alpha value is -2.70. The summed E-state index contributed by atoms with van der Waals surface area (Å²) < 4.78 is 22.5. The molecular weight excluding hydrogens is 322 g/mol. The van der Waals surface area contributed by atoms with Gasteiger partial charge in [-0.05, 0) is 53.6 Å². The van der Waals surface area contributed by atoms with E-state index in [9.17, 15) is 8.42 Å². The van der Waals surface area contributed by atoms with Crippen molar-refractivity contribution in [2.24, 2.45) is 10.2 Å². The van der Waals surface area contributed by atoms with Crippen molar-refractivity contribution in [3.05, 3.63) is 72.3 Å². The van der Waals surface area contributed by atoms with Crippen LogP contribution >= 0.6 is 0 Å². The molecule has 0 aliphatic heterocycles. The molecule has 0 radical (unpaired) electrons. The average molecular weight is 339 g/mol. The van der Waals surface area contributed by atoms with E-state index < -0.39 is 10.0 Å². The minimum Gasteiger partial charge on any atom is -0.278 e. The zero-order valence-corrected chi connectivity index (χ0v) is 13.9. The van der Waals surface area contributed by atoms with Gasteiger partial charge in [0, 0.05) is 0 Å². The molecule has 122 valence electrons. The maximum absolute atomic E-state index is 11.2. The molecule has 0 fully saturated rings. The third-order valence-electron chi connectivity index (χ3n) is 3.70. The summed E-state index contributed by atoms with van der Waals surface area (Å²) in [4.78, 5) is 0.0725. The van der Waals surface area contributed by atoms with Gasteiger partial charge in [-0.2, -0.15) is 5.10 Å². The number of nitrogens with one attached hydrogen (secondary N) is 1. The van der Waals surface area contributed by atoms with E-state index in [0.717, 1.165) is 16.7 Å². The van der Waals surface area contributed by atoms with Crippen molar-refractivity contribution in [1.29, 1.82) is 0 Å². The maximum Gasteiger partial charge on any atom is 0.238 e. The first-order valence-corrected chi connectivity index (χ1v) is 8.90. The van der Waals surface area contributed by atoms with Crippen molar-refractivity contribution in [3.8, 4) is 0 Å². The van der Waals surface area contributed by atoms with Gasteiger partial charge in [0.1, 0.15) is 0 Å². The topological polar surface area (TPSA) is 84.5 Å². The molecule has 0 saturated carbocycles. The Kier molecular flexibility index (Phi) is 4.33. The molecule has 5 nitrogen and oxygen atoms in total. The number of anilines is 1. The molecule has 24 heavy (non-hydrogen) atoms. The quantitative estimate of drug-likeness (QED) is 0.565. The Bertz CT molecular complexity index is 1010. The zero-order chi connectivity index (χ0) is 17.2. The van der Waals surface area contributed by atoms with E-state index in [0.29, 0.717) is 5.69 Å². The summed E-state index contributed by atoms with van der Waals surface area (Å²) in [6.07, 6.45) is 0. The van der Waals surface area contributed by atoms with Crippen molar-refractivity contribution < 1.29 is 8.42 Å². The molecule has 3 aromatic rings. The smallest absolute Gasteiger partial charge is 0.238 e. The lowest BCUT2D eigenvalue weighted by atomic mass is 10.0. The van der Waals surface area contributed by atoms with Crippen molar-refractivity contribution in [1.82, 2.24) is 0 Å². The van der Waals surface area contributed by atoms with Crippen LogP contribution in [0.3, 0.4) is 0 Å². The van der Waals surface area contributed by atoms with Crippen LogP contribution < -0.4 is 10.6 Å². The van der Waals surface area contributed by atoms with E-state index in [2.05, 4.69) is 34.8 Å². The van der Waals surface area contributed by atoms with Crippen molar-refractivity contribution in [2.45, 2.75) is 11.8 Å². The number of rotatable bonds is 4. The molecular formula is C18H17N3O2S. The highest BCUT2D eigenvalue weighted by Crippen LogP contribution is 2.17. The van der Waals surface area contributed by atoms with E-state index in [1.54, 1.807) is 12.1 Å². The average Bonchev–Trinajstić information content (AvgIpc) is 2.59. The van der Waals surface area contributed by atoms with E-state index in [4.69, 9.17) is 5.14 Å². The van der Waals surface area contributed by atoms with Gasteiger partial charge in [-0.25, -0.2) is 13.6 Å². The third kappa shape index (κ3) is 3.61. The van der Waals surface area contributed by atoms with E-state index >= 15 is 0 Å². The van der Waals surface area contributed by atoms with Crippen LogP contribution in [0.2, 0.25) is 0 Å². The van der Waals surface area contributed by atoms with Gasteiger partial charge in [0.25, 0.3) is 0 Å². The Labute approximate surface area is 140 Å². The second-order valence-electron chi connectivity index (χ2n) is 5.44. The summed E-state index contributed by atoms with van der Waals surface area (Å²) in [7, 11) is -3.68. The summed E-state index contributed by atoms with van der Waals surface area (Å²) in [5.41, 5.74) is 5.45. The number of nitrogens with zero attached hydrogens (tertiary/aromatic N) is 1. The van der Waals surface area contributed by atoms with Gasteiger partial charge in [-0.3, -0.25) is 5.43 Å². The number of benzene rings is 3. The van der Waals surface area contributed by atoms with Gasteiger partial charge in [0.05, 0.1) is 16.3 Å². The van der Waals surface area contributed by atoms with E-state index in [-0.39, 0.29) is 4.90 Å². The van der Waals surface area contributed by atoms with Gasteiger partial charge in [0.15, 0.2) is 0 Å². The molecule has 0 spiro atoms. The highest BCUT2D eigenvalue weighted by atomic mass is 32.2. The molecule has 3 N–H and O–H groups in total. The van der Waals surface area contributed by atoms with Gasteiger partial charge >= 0.3 is 0 Å². The van der Waals surface area contributed by atoms with Crippen LogP contribution in [0, 0.1) is 0 Å². The van der Waals surface area contributed by atoms with Gasteiger partial charge in [0.2, 0.25) is 10.0 Å². The molecule has 3 aromatic carbocycles. The van der Waals surface area contributed by atoms with E-state index in [1.807, 2.05) is 25.1 Å².